The van der Waals surface area contributed by atoms with E-state index in [1.54, 1.807) is 0 Å². The molecule has 2 rings (SSSR count). The molecule has 0 saturated heterocycles. The predicted molar refractivity (Wildman–Crippen MR) is 110 cm³/mol. The smallest absolute Gasteiger partial charge is 0.318 e. The first kappa shape index (κ1) is 21.4. The number of imide groups is 1. The molecule has 0 unspecified atom stereocenters. The maximum absolute atomic E-state index is 12.7. The number of carbonyl (C=O) groups excluding carboxylic acids is 2. The number of urea groups is 1. The van der Waals surface area contributed by atoms with Crippen molar-refractivity contribution in [3.8, 4) is 0 Å². The summed E-state index contributed by atoms with van der Waals surface area (Å²) in [5.74, 6) is -0.0933. The normalized spacial score (nSPS) is 13.7. The molecule has 0 saturated carbocycles. The zero-order valence-corrected chi connectivity index (χ0v) is 17.8. The number of thioether (sulfide) groups is 1. The van der Waals surface area contributed by atoms with E-state index in [2.05, 4.69) is 29.1 Å². The minimum Gasteiger partial charge on any atom is -0.351 e. The number of amides is 3. The number of rotatable bonds is 7. The fraction of sp³-hybridized carbons (Fsp3) is 0.556. The number of hydrogen-bond donors (Lipinski definition) is 3. The van der Waals surface area contributed by atoms with Gasteiger partial charge in [0.05, 0.1) is 10.6 Å². The molecule has 0 aliphatic rings. The van der Waals surface area contributed by atoms with Gasteiger partial charge >= 0.3 is 6.03 Å². The molecule has 0 spiro atoms. The highest BCUT2D eigenvalue weighted by atomic mass is 32.2. The molecule has 0 fully saturated rings. The van der Waals surface area contributed by atoms with Crippen molar-refractivity contribution in [1.82, 2.24) is 15.3 Å². The topological polar surface area (TPSA) is 118 Å². The summed E-state index contributed by atoms with van der Waals surface area (Å²) in [6.07, 6.45) is 1.89. The molecule has 148 valence electrons. The minimum atomic E-state index is -0.897. The van der Waals surface area contributed by atoms with E-state index in [1.165, 1.54) is 11.3 Å². The Balaban J connectivity index is 2.39. The van der Waals surface area contributed by atoms with Crippen LogP contribution in [0.1, 0.15) is 44.6 Å². The van der Waals surface area contributed by atoms with Crippen molar-refractivity contribution in [2.45, 2.75) is 57.9 Å². The van der Waals surface area contributed by atoms with Gasteiger partial charge < -0.3 is 10.7 Å². The third-order valence-electron chi connectivity index (χ3n) is 4.44. The fourth-order valence-electron chi connectivity index (χ4n) is 2.76. The standard InChI is InChI=1S/C18H26N4O3S2/c1-6-9(4)7-11-10(5)26-16-12(11)14(23)21-18(22-16)27-13(8(2)3)15(24)20-17(19)25/h8-9,13H,6-7H2,1-5H3,(H,21,22,23)(H3,19,20,24,25)/t9-,13+/m0/s1. The van der Waals surface area contributed by atoms with Crippen LogP contribution < -0.4 is 16.6 Å². The van der Waals surface area contributed by atoms with Crippen molar-refractivity contribution in [2.24, 2.45) is 17.6 Å². The van der Waals surface area contributed by atoms with Gasteiger partial charge in [-0.2, -0.15) is 0 Å². The average molecular weight is 411 g/mol. The lowest BCUT2D eigenvalue weighted by Gasteiger charge is -2.18. The quantitative estimate of drug-likeness (QED) is 0.478. The molecule has 0 aromatic carbocycles. The molecule has 2 aromatic rings. The lowest BCUT2D eigenvalue weighted by molar-refractivity contribution is -0.120. The van der Waals surface area contributed by atoms with Crippen LogP contribution in [-0.4, -0.2) is 27.2 Å². The van der Waals surface area contributed by atoms with Crippen molar-refractivity contribution in [3.05, 3.63) is 20.8 Å². The Morgan fingerprint density at radius 3 is 2.56 bits per heavy atom. The summed E-state index contributed by atoms with van der Waals surface area (Å²) in [5, 5.41) is 2.51. The highest BCUT2D eigenvalue weighted by Crippen LogP contribution is 2.32. The maximum atomic E-state index is 12.7. The second kappa shape index (κ2) is 8.88. The Morgan fingerprint density at radius 2 is 2.00 bits per heavy atom. The van der Waals surface area contributed by atoms with E-state index >= 15 is 0 Å². The average Bonchev–Trinajstić information content (AvgIpc) is 2.87. The van der Waals surface area contributed by atoms with E-state index in [-0.39, 0.29) is 11.5 Å². The van der Waals surface area contributed by atoms with E-state index in [0.29, 0.717) is 21.3 Å². The van der Waals surface area contributed by atoms with Crippen LogP contribution in [0.3, 0.4) is 0 Å². The zero-order valence-electron chi connectivity index (χ0n) is 16.2. The molecule has 2 atom stereocenters. The van der Waals surface area contributed by atoms with Crippen LogP contribution in [0.25, 0.3) is 10.2 Å². The summed E-state index contributed by atoms with van der Waals surface area (Å²) in [6, 6.07) is -0.897. The number of carbonyl (C=O) groups is 2. The summed E-state index contributed by atoms with van der Waals surface area (Å²) < 4.78 is 0. The number of fused-ring (bicyclic) bond motifs is 1. The van der Waals surface area contributed by atoms with Crippen molar-refractivity contribution in [2.75, 3.05) is 0 Å². The first-order valence-electron chi connectivity index (χ1n) is 8.93. The molecular formula is C18H26N4O3S2. The fourth-order valence-corrected chi connectivity index (χ4v) is 4.84. The third-order valence-corrected chi connectivity index (χ3v) is 6.91. The van der Waals surface area contributed by atoms with Crippen LogP contribution in [-0.2, 0) is 11.2 Å². The number of aromatic amines is 1. The van der Waals surface area contributed by atoms with Gasteiger partial charge in [0.15, 0.2) is 5.16 Å². The van der Waals surface area contributed by atoms with Gasteiger partial charge in [-0.3, -0.25) is 14.9 Å². The van der Waals surface area contributed by atoms with Crippen LogP contribution in [0.2, 0.25) is 0 Å². The summed E-state index contributed by atoms with van der Waals surface area (Å²) in [4.78, 5) is 45.0. The first-order chi connectivity index (χ1) is 12.6. The van der Waals surface area contributed by atoms with Gasteiger partial charge in [-0.1, -0.05) is 45.9 Å². The lowest BCUT2D eigenvalue weighted by atomic mass is 9.98. The van der Waals surface area contributed by atoms with Gasteiger partial charge in [-0.05, 0) is 30.7 Å². The van der Waals surface area contributed by atoms with Crippen molar-refractivity contribution >= 4 is 45.3 Å². The molecule has 3 amide bonds. The highest BCUT2D eigenvalue weighted by molar-refractivity contribution is 8.00. The summed E-state index contributed by atoms with van der Waals surface area (Å²) in [7, 11) is 0. The molecule has 27 heavy (non-hydrogen) atoms. The van der Waals surface area contributed by atoms with E-state index < -0.39 is 17.2 Å². The van der Waals surface area contributed by atoms with Crippen LogP contribution in [0, 0.1) is 18.8 Å². The molecule has 0 radical (unpaired) electrons. The van der Waals surface area contributed by atoms with Crippen LogP contribution >= 0.6 is 23.1 Å². The van der Waals surface area contributed by atoms with Gasteiger partial charge in [0.1, 0.15) is 4.83 Å². The number of H-pyrrole nitrogens is 1. The lowest BCUT2D eigenvalue weighted by Crippen LogP contribution is -2.42. The third kappa shape index (κ3) is 5.10. The Labute approximate surface area is 166 Å². The molecule has 2 aromatic heterocycles. The summed E-state index contributed by atoms with van der Waals surface area (Å²) in [6.45, 7) is 10.0. The molecule has 9 heteroatoms. The second-order valence-corrected chi connectivity index (χ2v) is 9.38. The number of nitrogens with two attached hydrogens (primary N) is 1. The van der Waals surface area contributed by atoms with Gasteiger partial charge in [-0.25, -0.2) is 9.78 Å². The number of aryl methyl sites for hydroxylation is 1. The van der Waals surface area contributed by atoms with Gasteiger partial charge in [0, 0.05) is 4.88 Å². The molecule has 0 aliphatic carbocycles. The van der Waals surface area contributed by atoms with Crippen LogP contribution in [0.15, 0.2) is 9.95 Å². The minimum absolute atomic E-state index is 0.0821. The molecule has 0 bridgehead atoms. The number of hydrogen-bond acceptors (Lipinski definition) is 6. The summed E-state index contributed by atoms with van der Waals surface area (Å²) in [5.41, 5.74) is 5.91. The SMILES string of the molecule is CC[C@H](C)Cc1c(C)sc2nc(S[C@@H](C(=O)NC(N)=O)C(C)C)[nH]c(=O)c12. The largest absolute Gasteiger partial charge is 0.351 e. The van der Waals surface area contributed by atoms with E-state index in [4.69, 9.17) is 5.73 Å². The molecule has 0 aliphatic heterocycles. The molecule has 7 nitrogen and oxygen atoms in total. The molecule has 2 heterocycles. The highest BCUT2D eigenvalue weighted by Gasteiger charge is 2.26. The van der Waals surface area contributed by atoms with Gasteiger partial charge in [0.2, 0.25) is 5.91 Å². The van der Waals surface area contributed by atoms with E-state index in [9.17, 15) is 14.4 Å². The number of aromatic nitrogens is 2. The monoisotopic (exact) mass is 410 g/mol. The predicted octanol–water partition coefficient (Wildman–Crippen LogP) is 3.19. The Morgan fingerprint density at radius 1 is 1.33 bits per heavy atom. The second-order valence-electron chi connectivity index (χ2n) is 7.04. The van der Waals surface area contributed by atoms with Crippen molar-refractivity contribution < 1.29 is 9.59 Å². The van der Waals surface area contributed by atoms with Crippen molar-refractivity contribution in [3.63, 3.8) is 0 Å². The van der Waals surface area contributed by atoms with Crippen LogP contribution in [0.4, 0.5) is 4.79 Å². The van der Waals surface area contributed by atoms with Crippen LogP contribution in [0.5, 0.6) is 0 Å². The number of primary amides is 1. The number of nitrogens with zero attached hydrogens (tertiary/aromatic N) is 1. The number of thiophene rings is 1. The Bertz CT molecular complexity index is 904. The van der Waals surface area contributed by atoms with E-state index in [1.807, 2.05) is 20.8 Å². The maximum Gasteiger partial charge on any atom is 0.318 e. The zero-order chi connectivity index (χ0) is 20.3. The molecular weight excluding hydrogens is 384 g/mol. The van der Waals surface area contributed by atoms with E-state index in [0.717, 1.165) is 35.0 Å². The number of nitrogens with one attached hydrogen (secondary N) is 2. The van der Waals surface area contributed by atoms with Gasteiger partial charge in [-0.15, -0.1) is 11.3 Å². The van der Waals surface area contributed by atoms with Crippen molar-refractivity contribution in [1.29, 1.82) is 0 Å². The summed E-state index contributed by atoms with van der Waals surface area (Å²) >= 11 is 2.62. The Kier molecular flexibility index (Phi) is 7.05. The van der Waals surface area contributed by atoms with Gasteiger partial charge in [0.25, 0.3) is 5.56 Å². The Hall–Kier alpha value is -1.87. The first-order valence-corrected chi connectivity index (χ1v) is 10.6. The molecule has 4 N–H and O–H groups in total.